The van der Waals surface area contributed by atoms with E-state index >= 15 is 0 Å². The van der Waals surface area contributed by atoms with E-state index < -0.39 is 0 Å². The molecule has 0 saturated carbocycles. The van der Waals surface area contributed by atoms with Crippen molar-refractivity contribution in [2.45, 2.75) is 13.5 Å². The van der Waals surface area contributed by atoms with Gasteiger partial charge in [-0.25, -0.2) is 4.68 Å². The predicted octanol–water partition coefficient (Wildman–Crippen LogP) is 2.95. The number of benzene rings is 1. The summed E-state index contributed by atoms with van der Waals surface area (Å²) in [4.78, 5) is 0. The van der Waals surface area contributed by atoms with E-state index in [9.17, 15) is 0 Å². The maximum atomic E-state index is 5.37. The lowest BCUT2D eigenvalue weighted by Gasteiger charge is -2.08. The third kappa shape index (κ3) is 2.77. The van der Waals surface area contributed by atoms with Crippen LogP contribution in [-0.2, 0) is 13.6 Å². The van der Waals surface area contributed by atoms with Gasteiger partial charge >= 0.3 is 0 Å². The first-order chi connectivity index (χ1) is 8.61. The number of ether oxygens (including phenoxy) is 1. The van der Waals surface area contributed by atoms with Crippen molar-refractivity contribution in [3.8, 4) is 5.88 Å². The fourth-order valence-corrected chi connectivity index (χ4v) is 2.47. The second kappa shape index (κ2) is 5.60. The monoisotopic (exact) mass is 357 g/mol. The molecule has 0 bridgehead atoms. The topological polar surface area (TPSA) is 39.1 Å². The Labute approximate surface area is 120 Å². The van der Waals surface area contributed by atoms with Gasteiger partial charge in [-0.05, 0) is 47.7 Å². The van der Waals surface area contributed by atoms with Crippen LogP contribution < -0.4 is 10.1 Å². The van der Waals surface area contributed by atoms with E-state index in [1.807, 2.05) is 20.0 Å². The number of halogens is 1. The molecule has 0 aliphatic rings. The Balaban J connectivity index is 2.15. The molecule has 18 heavy (non-hydrogen) atoms. The van der Waals surface area contributed by atoms with E-state index in [-0.39, 0.29) is 0 Å². The molecule has 1 heterocycles. The number of aryl methyl sites for hydroxylation is 2. The largest absolute Gasteiger partial charge is 0.481 e. The quantitative estimate of drug-likeness (QED) is 0.856. The lowest BCUT2D eigenvalue weighted by atomic mass is 10.2. The third-order valence-electron chi connectivity index (χ3n) is 2.78. The lowest BCUT2D eigenvalue weighted by molar-refractivity contribution is 0.370. The van der Waals surface area contributed by atoms with E-state index in [1.54, 1.807) is 11.8 Å². The Bertz CT molecular complexity index is 551. The van der Waals surface area contributed by atoms with Crippen LogP contribution in [0.4, 0.5) is 5.69 Å². The molecule has 0 atom stereocenters. The molecular weight excluding hydrogens is 341 g/mol. The van der Waals surface area contributed by atoms with Crippen molar-refractivity contribution >= 4 is 28.3 Å². The average Bonchev–Trinajstić information content (AvgIpc) is 2.60. The summed E-state index contributed by atoms with van der Waals surface area (Å²) in [6, 6.07) is 8.28. The van der Waals surface area contributed by atoms with E-state index in [1.165, 1.54) is 3.57 Å². The molecule has 0 aliphatic heterocycles. The Hall–Kier alpha value is -1.24. The van der Waals surface area contributed by atoms with Crippen LogP contribution in [-0.4, -0.2) is 16.9 Å². The van der Waals surface area contributed by atoms with Crippen molar-refractivity contribution < 1.29 is 4.74 Å². The van der Waals surface area contributed by atoms with Gasteiger partial charge in [0.2, 0.25) is 5.88 Å². The van der Waals surface area contributed by atoms with Crippen LogP contribution in [0.3, 0.4) is 0 Å². The molecule has 0 unspecified atom stereocenters. The smallest absolute Gasteiger partial charge is 0.216 e. The summed E-state index contributed by atoms with van der Waals surface area (Å²) in [7, 11) is 3.56. The highest BCUT2D eigenvalue weighted by molar-refractivity contribution is 14.1. The average molecular weight is 357 g/mol. The minimum Gasteiger partial charge on any atom is -0.481 e. The molecule has 1 N–H and O–H groups in total. The number of rotatable bonds is 4. The zero-order chi connectivity index (χ0) is 13.1. The maximum Gasteiger partial charge on any atom is 0.216 e. The standard InChI is InChI=1S/C13H16IN3O/c1-9-12(13(18-3)17(2)16-9)8-15-11-6-4-5-10(14)7-11/h4-7,15H,8H2,1-3H3. The van der Waals surface area contributed by atoms with Gasteiger partial charge in [-0.3, -0.25) is 0 Å². The molecule has 1 aromatic heterocycles. The van der Waals surface area contributed by atoms with Crippen LogP contribution >= 0.6 is 22.6 Å². The normalized spacial score (nSPS) is 10.4. The Morgan fingerprint density at radius 2 is 2.22 bits per heavy atom. The second-order valence-corrected chi connectivity index (χ2v) is 5.31. The highest BCUT2D eigenvalue weighted by atomic mass is 127. The lowest BCUT2D eigenvalue weighted by Crippen LogP contribution is -2.03. The summed E-state index contributed by atoms with van der Waals surface area (Å²) in [5.74, 6) is 0.811. The van der Waals surface area contributed by atoms with Crippen LogP contribution in [0.2, 0.25) is 0 Å². The number of methoxy groups -OCH3 is 1. The summed E-state index contributed by atoms with van der Waals surface area (Å²) in [5.41, 5.74) is 3.19. The molecule has 0 spiro atoms. The first-order valence-corrected chi connectivity index (χ1v) is 6.75. The summed E-state index contributed by atoms with van der Waals surface area (Å²) in [5, 5.41) is 7.75. The fourth-order valence-electron chi connectivity index (χ4n) is 1.93. The summed E-state index contributed by atoms with van der Waals surface area (Å²) < 4.78 is 8.35. The highest BCUT2D eigenvalue weighted by Crippen LogP contribution is 2.22. The van der Waals surface area contributed by atoms with Gasteiger partial charge in [0.25, 0.3) is 0 Å². The van der Waals surface area contributed by atoms with Gasteiger partial charge in [0.05, 0.1) is 18.4 Å². The number of aromatic nitrogens is 2. The minimum atomic E-state index is 0.711. The first kappa shape index (κ1) is 13.2. The van der Waals surface area contributed by atoms with Gasteiger partial charge in [0.1, 0.15) is 0 Å². The van der Waals surface area contributed by atoms with Crippen molar-refractivity contribution in [1.82, 2.24) is 9.78 Å². The van der Waals surface area contributed by atoms with Crippen molar-refractivity contribution in [3.05, 3.63) is 39.1 Å². The van der Waals surface area contributed by atoms with Gasteiger partial charge in [0.15, 0.2) is 0 Å². The van der Waals surface area contributed by atoms with E-state index in [4.69, 9.17) is 4.74 Å². The SMILES string of the molecule is COc1c(CNc2cccc(I)c2)c(C)nn1C. The van der Waals surface area contributed by atoms with Crippen LogP contribution in [0, 0.1) is 10.5 Å². The molecule has 0 amide bonds. The zero-order valence-corrected chi connectivity index (χ0v) is 12.9. The van der Waals surface area contributed by atoms with E-state index in [2.05, 4.69) is 51.2 Å². The Morgan fingerprint density at radius 1 is 1.44 bits per heavy atom. The molecule has 4 nitrogen and oxygen atoms in total. The summed E-state index contributed by atoms with van der Waals surface area (Å²) >= 11 is 2.30. The molecule has 2 aromatic rings. The van der Waals surface area contributed by atoms with Crippen LogP contribution in [0.15, 0.2) is 24.3 Å². The Kier molecular flexibility index (Phi) is 4.11. The number of nitrogens with one attached hydrogen (secondary N) is 1. The van der Waals surface area contributed by atoms with E-state index in [0.717, 1.165) is 22.8 Å². The summed E-state index contributed by atoms with van der Waals surface area (Å²) in [6.45, 7) is 2.71. The highest BCUT2D eigenvalue weighted by Gasteiger charge is 2.13. The number of nitrogens with zero attached hydrogens (tertiary/aromatic N) is 2. The van der Waals surface area contributed by atoms with Gasteiger partial charge in [-0.15, -0.1) is 0 Å². The molecule has 0 fully saturated rings. The molecule has 96 valence electrons. The van der Waals surface area contributed by atoms with Crippen molar-refractivity contribution in [1.29, 1.82) is 0 Å². The molecule has 1 aromatic carbocycles. The van der Waals surface area contributed by atoms with E-state index in [0.29, 0.717) is 6.54 Å². The predicted molar refractivity (Wildman–Crippen MR) is 81.0 cm³/mol. The third-order valence-corrected chi connectivity index (χ3v) is 3.45. The number of hydrogen-bond acceptors (Lipinski definition) is 3. The molecule has 0 aliphatic carbocycles. The first-order valence-electron chi connectivity index (χ1n) is 5.67. The number of anilines is 1. The molecule has 0 saturated heterocycles. The Morgan fingerprint density at radius 3 is 2.89 bits per heavy atom. The molecule has 2 rings (SSSR count). The van der Waals surface area contributed by atoms with Crippen LogP contribution in [0.1, 0.15) is 11.3 Å². The van der Waals surface area contributed by atoms with Crippen LogP contribution in [0.5, 0.6) is 5.88 Å². The van der Waals surface area contributed by atoms with Crippen molar-refractivity contribution in [2.24, 2.45) is 7.05 Å². The molecular formula is C13H16IN3O. The minimum absolute atomic E-state index is 0.711. The molecule has 0 radical (unpaired) electrons. The van der Waals surface area contributed by atoms with Gasteiger partial charge in [0, 0.05) is 22.8 Å². The van der Waals surface area contributed by atoms with Crippen molar-refractivity contribution in [3.63, 3.8) is 0 Å². The van der Waals surface area contributed by atoms with Crippen LogP contribution in [0.25, 0.3) is 0 Å². The van der Waals surface area contributed by atoms with Gasteiger partial charge in [-0.1, -0.05) is 6.07 Å². The van der Waals surface area contributed by atoms with Gasteiger partial charge < -0.3 is 10.1 Å². The number of hydrogen-bond donors (Lipinski definition) is 1. The van der Waals surface area contributed by atoms with Gasteiger partial charge in [-0.2, -0.15) is 5.10 Å². The van der Waals surface area contributed by atoms with Crippen molar-refractivity contribution in [2.75, 3.05) is 12.4 Å². The summed E-state index contributed by atoms with van der Waals surface area (Å²) in [6.07, 6.45) is 0. The fraction of sp³-hybridized carbons (Fsp3) is 0.308. The second-order valence-electron chi connectivity index (χ2n) is 4.06. The maximum absolute atomic E-state index is 5.37. The zero-order valence-electron chi connectivity index (χ0n) is 10.7. The molecule has 5 heteroatoms.